The molecule has 1 saturated carbocycles. The monoisotopic (exact) mass is 399 g/mol. The van der Waals surface area contributed by atoms with E-state index in [1.54, 1.807) is 12.1 Å². The summed E-state index contributed by atoms with van der Waals surface area (Å²) in [6.45, 7) is 2.97. The Bertz CT molecular complexity index is 884. The molecule has 8 heteroatoms. The van der Waals surface area contributed by atoms with Crippen LogP contribution >= 0.6 is 11.6 Å². The molecule has 0 amide bonds. The standard InChI is InChI=1S/C19H21ClF3N3O/c1-11-25-16-14(20)8-12-7-13(9-24-10-19(21,22)23)27-17(12)15(16)18(26-11)5-3-2-4-6-18/h7-8,24-26H,1-6,9-10H2. The highest BCUT2D eigenvalue weighted by molar-refractivity contribution is 6.34. The first kappa shape index (κ1) is 18.5. The van der Waals surface area contributed by atoms with Crippen molar-refractivity contribution in [3.05, 3.63) is 40.9 Å². The van der Waals surface area contributed by atoms with Crippen LogP contribution in [0.5, 0.6) is 0 Å². The van der Waals surface area contributed by atoms with Crippen molar-refractivity contribution in [1.29, 1.82) is 0 Å². The second kappa shape index (κ2) is 6.63. The Morgan fingerprint density at radius 1 is 1.22 bits per heavy atom. The Balaban J connectivity index is 1.76. The zero-order chi connectivity index (χ0) is 19.2. The Hall–Kier alpha value is -1.86. The van der Waals surface area contributed by atoms with Gasteiger partial charge in [0.2, 0.25) is 0 Å². The first-order valence-electron chi connectivity index (χ1n) is 9.04. The first-order chi connectivity index (χ1) is 12.8. The van der Waals surface area contributed by atoms with E-state index in [2.05, 4.69) is 22.5 Å². The lowest BCUT2D eigenvalue weighted by atomic mass is 9.74. The fourth-order valence-corrected chi connectivity index (χ4v) is 4.52. The van der Waals surface area contributed by atoms with Crippen LogP contribution in [0.15, 0.2) is 28.9 Å². The average Bonchev–Trinajstić information content (AvgIpc) is 2.96. The number of halogens is 4. The van der Waals surface area contributed by atoms with E-state index in [4.69, 9.17) is 16.0 Å². The third-order valence-corrected chi connectivity index (χ3v) is 5.58. The molecule has 2 aromatic rings. The van der Waals surface area contributed by atoms with E-state index in [9.17, 15) is 13.2 Å². The number of nitrogens with one attached hydrogen (secondary N) is 3. The van der Waals surface area contributed by atoms with Gasteiger partial charge in [0, 0.05) is 10.9 Å². The van der Waals surface area contributed by atoms with Crippen molar-refractivity contribution in [1.82, 2.24) is 10.6 Å². The van der Waals surface area contributed by atoms with Gasteiger partial charge in [-0.1, -0.05) is 37.4 Å². The zero-order valence-corrected chi connectivity index (χ0v) is 15.5. The molecule has 4 rings (SSSR count). The average molecular weight is 400 g/mol. The highest BCUT2D eigenvalue weighted by atomic mass is 35.5. The van der Waals surface area contributed by atoms with Crippen LogP contribution in [0.4, 0.5) is 18.9 Å². The molecular formula is C19H21ClF3N3O. The maximum absolute atomic E-state index is 12.4. The summed E-state index contributed by atoms with van der Waals surface area (Å²) in [5.74, 6) is 1.15. The highest BCUT2D eigenvalue weighted by Gasteiger charge is 2.42. The number of anilines is 1. The third kappa shape index (κ3) is 3.50. The largest absolute Gasteiger partial charge is 0.459 e. The van der Waals surface area contributed by atoms with Gasteiger partial charge in [-0.3, -0.25) is 0 Å². The lowest BCUT2D eigenvalue weighted by molar-refractivity contribution is -0.125. The number of rotatable bonds is 3. The van der Waals surface area contributed by atoms with Crippen LogP contribution < -0.4 is 16.0 Å². The van der Waals surface area contributed by atoms with Crippen molar-refractivity contribution in [3.63, 3.8) is 0 Å². The zero-order valence-electron chi connectivity index (χ0n) is 14.7. The molecule has 146 valence electrons. The van der Waals surface area contributed by atoms with Gasteiger partial charge >= 0.3 is 6.18 Å². The van der Waals surface area contributed by atoms with Crippen molar-refractivity contribution >= 4 is 28.3 Å². The molecule has 2 aliphatic rings. The van der Waals surface area contributed by atoms with Crippen molar-refractivity contribution in [2.45, 2.75) is 50.4 Å². The van der Waals surface area contributed by atoms with Gasteiger partial charge < -0.3 is 20.4 Å². The van der Waals surface area contributed by atoms with Crippen LogP contribution in [0.2, 0.25) is 5.02 Å². The molecule has 3 N–H and O–H groups in total. The predicted molar refractivity (Wildman–Crippen MR) is 99.6 cm³/mol. The van der Waals surface area contributed by atoms with Crippen molar-refractivity contribution in [2.75, 3.05) is 11.9 Å². The number of furan rings is 1. The van der Waals surface area contributed by atoms with E-state index >= 15 is 0 Å². The second-order valence-corrected chi connectivity index (χ2v) is 7.74. The Morgan fingerprint density at radius 3 is 2.67 bits per heavy atom. The Morgan fingerprint density at radius 2 is 1.96 bits per heavy atom. The van der Waals surface area contributed by atoms with E-state index < -0.39 is 12.7 Å². The smallest absolute Gasteiger partial charge is 0.401 e. The molecule has 2 heterocycles. The Kier molecular flexibility index (Phi) is 4.55. The van der Waals surface area contributed by atoms with Crippen LogP contribution in [0.3, 0.4) is 0 Å². The van der Waals surface area contributed by atoms with E-state index in [0.717, 1.165) is 42.3 Å². The molecule has 1 aliphatic heterocycles. The second-order valence-electron chi connectivity index (χ2n) is 7.33. The maximum atomic E-state index is 12.4. The first-order valence-corrected chi connectivity index (χ1v) is 9.42. The minimum Gasteiger partial charge on any atom is -0.459 e. The molecule has 0 radical (unpaired) electrons. The number of benzene rings is 1. The molecule has 1 aliphatic carbocycles. The number of fused-ring (bicyclic) bond motifs is 4. The lowest BCUT2D eigenvalue weighted by Crippen LogP contribution is -2.48. The summed E-state index contributed by atoms with van der Waals surface area (Å²) in [6.07, 6.45) is 0.932. The van der Waals surface area contributed by atoms with Crippen molar-refractivity contribution in [2.24, 2.45) is 0 Å². The summed E-state index contributed by atoms with van der Waals surface area (Å²) in [5.41, 5.74) is 2.10. The molecule has 1 fully saturated rings. The van der Waals surface area contributed by atoms with Crippen molar-refractivity contribution in [3.8, 4) is 0 Å². The van der Waals surface area contributed by atoms with Crippen LogP contribution in [0, 0.1) is 0 Å². The molecule has 0 unspecified atom stereocenters. The van der Waals surface area contributed by atoms with E-state index in [1.165, 1.54) is 6.42 Å². The summed E-state index contributed by atoms with van der Waals surface area (Å²) in [4.78, 5) is 0. The van der Waals surface area contributed by atoms with E-state index in [0.29, 0.717) is 22.2 Å². The fraction of sp³-hybridized carbons (Fsp3) is 0.474. The van der Waals surface area contributed by atoms with Crippen LogP contribution in [0.25, 0.3) is 11.0 Å². The van der Waals surface area contributed by atoms with Gasteiger partial charge in [0.25, 0.3) is 0 Å². The molecule has 4 nitrogen and oxygen atoms in total. The van der Waals surface area contributed by atoms with Gasteiger partial charge in [-0.05, 0) is 25.0 Å². The summed E-state index contributed by atoms with van der Waals surface area (Å²) >= 11 is 6.52. The van der Waals surface area contributed by atoms with Gasteiger partial charge in [-0.15, -0.1) is 0 Å². The van der Waals surface area contributed by atoms with Crippen molar-refractivity contribution < 1.29 is 17.6 Å². The van der Waals surface area contributed by atoms with Crippen LogP contribution in [-0.2, 0) is 12.1 Å². The Labute approximate surface area is 160 Å². The normalized spacial score (nSPS) is 19.0. The number of hydrogen-bond acceptors (Lipinski definition) is 4. The van der Waals surface area contributed by atoms with Gasteiger partial charge in [-0.2, -0.15) is 13.2 Å². The third-order valence-electron chi connectivity index (χ3n) is 5.29. The highest BCUT2D eigenvalue weighted by Crippen LogP contribution is 2.49. The molecule has 1 aromatic carbocycles. The molecule has 1 aromatic heterocycles. The lowest BCUT2D eigenvalue weighted by Gasteiger charge is -2.44. The molecule has 0 bridgehead atoms. The molecular weight excluding hydrogens is 379 g/mol. The maximum Gasteiger partial charge on any atom is 0.401 e. The summed E-state index contributed by atoms with van der Waals surface area (Å²) in [5, 5.41) is 10.4. The number of hydrogen-bond donors (Lipinski definition) is 3. The number of alkyl halides is 3. The SMILES string of the molecule is C=C1Nc2c(Cl)cc3cc(CNCC(F)(F)F)oc3c2C2(CCCCC2)N1. The van der Waals surface area contributed by atoms with Crippen LogP contribution in [0.1, 0.15) is 43.4 Å². The van der Waals surface area contributed by atoms with Gasteiger partial charge in [-0.25, -0.2) is 0 Å². The molecule has 0 atom stereocenters. The van der Waals surface area contributed by atoms with Gasteiger partial charge in [0.15, 0.2) is 0 Å². The van der Waals surface area contributed by atoms with Gasteiger partial charge in [0.1, 0.15) is 11.3 Å². The summed E-state index contributed by atoms with van der Waals surface area (Å²) in [7, 11) is 0. The van der Waals surface area contributed by atoms with Crippen LogP contribution in [-0.4, -0.2) is 12.7 Å². The molecule has 0 saturated heterocycles. The topological polar surface area (TPSA) is 49.2 Å². The molecule has 1 spiro atoms. The van der Waals surface area contributed by atoms with E-state index in [1.807, 2.05) is 0 Å². The quantitative estimate of drug-likeness (QED) is 0.648. The minimum atomic E-state index is -4.26. The minimum absolute atomic E-state index is 0.00114. The summed E-state index contributed by atoms with van der Waals surface area (Å²) < 4.78 is 43.1. The molecule has 27 heavy (non-hydrogen) atoms. The fourth-order valence-electron chi connectivity index (χ4n) is 4.26. The summed E-state index contributed by atoms with van der Waals surface area (Å²) in [6, 6.07) is 3.54. The predicted octanol–water partition coefficient (Wildman–Crippen LogP) is 5.38. The van der Waals surface area contributed by atoms with E-state index in [-0.39, 0.29) is 12.1 Å². The van der Waals surface area contributed by atoms with Gasteiger partial charge in [0.05, 0.1) is 35.2 Å².